The molecule has 0 bridgehead atoms. The van der Waals surface area contributed by atoms with Crippen molar-refractivity contribution in [1.29, 1.82) is 0 Å². The molecule has 0 aliphatic rings. The molecule has 0 saturated heterocycles. The van der Waals surface area contributed by atoms with E-state index in [2.05, 4.69) is 26.2 Å². The first-order valence-electron chi connectivity index (χ1n) is 6.41. The van der Waals surface area contributed by atoms with Gasteiger partial charge in [-0.25, -0.2) is 0 Å². The lowest BCUT2D eigenvalue weighted by Crippen LogP contribution is -2.44. The van der Waals surface area contributed by atoms with Crippen molar-refractivity contribution < 1.29 is 17.4 Å². The van der Waals surface area contributed by atoms with E-state index < -0.39 is 17.1 Å². The SMILES string of the molecule is C=C[Si](OCC)(OCC)OCC.C[Si](C)(C)O[SiH3]. The maximum Gasteiger partial charge on any atom is 0.528 e. The Morgan fingerprint density at radius 2 is 1.22 bits per heavy atom. The van der Waals surface area contributed by atoms with Crippen molar-refractivity contribution in [2.75, 3.05) is 19.8 Å². The second-order valence-electron chi connectivity index (χ2n) is 4.42. The Labute approximate surface area is 118 Å². The van der Waals surface area contributed by atoms with Crippen LogP contribution in [0.4, 0.5) is 0 Å². The summed E-state index contributed by atoms with van der Waals surface area (Å²) in [6.45, 7) is 17.8. The molecular formula is C11H30O4Si3. The zero-order chi connectivity index (χ0) is 14.7. The van der Waals surface area contributed by atoms with Gasteiger partial charge in [-0.15, -0.1) is 0 Å². The average molecular weight is 311 g/mol. The summed E-state index contributed by atoms with van der Waals surface area (Å²) in [5.41, 5.74) is 1.67. The molecule has 0 aromatic heterocycles. The molecule has 110 valence electrons. The minimum Gasteiger partial charge on any atom is -0.464 e. The predicted octanol–water partition coefficient (Wildman–Crippen LogP) is 1.88. The van der Waals surface area contributed by atoms with Crippen molar-refractivity contribution in [3.8, 4) is 0 Å². The molecule has 0 rings (SSSR count). The summed E-state index contributed by atoms with van der Waals surface area (Å²) < 4.78 is 21.5. The van der Waals surface area contributed by atoms with Crippen LogP contribution in [0.3, 0.4) is 0 Å². The van der Waals surface area contributed by atoms with E-state index in [0.29, 0.717) is 19.8 Å². The van der Waals surface area contributed by atoms with E-state index in [4.69, 9.17) is 17.4 Å². The topological polar surface area (TPSA) is 36.9 Å². The van der Waals surface area contributed by atoms with Crippen LogP contribution in [0.25, 0.3) is 0 Å². The first-order valence-corrected chi connectivity index (χ1v) is 12.4. The summed E-state index contributed by atoms with van der Waals surface area (Å²) in [6, 6.07) is 0. The van der Waals surface area contributed by atoms with Crippen LogP contribution >= 0.6 is 0 Å². The molecule has 0 aromatic rings. The lowest BCUT2D eigenvalue weighted by Gasteiger charge is -2.24. The van der Waals surface area contributed by atoms with E-state index in [0.717, 1.165) is 10.5 Å². The Bertz CT molecular complexity index is 190. The van der Waals surface area contributed by atoms with Crippen molar-refractivity contribution in [1.82, 2.24) is 0 Å². The van der Waals surface area contributed by atoms with Gasteiger partial charge in [-0.3, -0.25) is 0 Å². The molecule has 0 radical (unpaired) electrons. The molecule has 0 unspecified atom stereocenters. The van der Waals surface area contributed by atoms with Crippen LogP contribution in [-0.4, -0.2) is 47.4 Å². The third kappa shape index (κ3) is 11.3. The van der Waals surface area contributed by atoms with E-state index in [1.54, 1.807) is 5.70 Å². The second-order valence-corrected chi connectivity index (χ2v) is 12.8. The van der Waals surface area contributed by atoms with Crippen molar-refractivity contribution in [3.63, 3.8) is 0 Å². The van der Waals surface area contributed by atoms with Gasteiger partial charge in [-0.2, -0.15) is 0 Å². The number of hydrogen-bond acceptors (Lipinski definition) is 4. The summed E-state index contributed by atoms with van der Waals surface area (Å²) in [6.07, 6.45) is 0. The van der Waals surface area contributed by atoms with Crippen LogP contribution in [-0.2, 0) is 17.4 Å². The molecule has 0 saturated carbocycles. The van der Waals surface area contributed by atoms with E-state index >= 15 is 0 Å². The molecule has 0 fully saturated rings. The Morgan fingerprint density at radius 3 is 1.33 bits per heavy atom. The fourth-order valence-corrected chi connectivity index (χ4v) is 2.72. The quantitative estimate of drug-likeness (QED) is 0.642. The fourth-order valence-electron chi connectivity index (χ4n) is 0.905. The maximum atomic E-state index is 5.44. The summed E-state index contributed by atoms with van der Waals surface area (Å²) >= 11 is 0. The van der Waals surface area contributed by atoms with Gasteiger partial charge < -0.3 is 17.4 Å². The van der Waals surface area contributed by atoms with Gasteiger partial charge in [0.15, 0.2) is 8.32 Å². The van der Waals surface area contributed by atoms with Gasteiger partial charge in [-0.1, -0.05) is 6.58 Å². The largest absolute Gasteiger partial charge is 0.528 e. The Morgan fingerprint density at radius 1 is 0.944 bits per heavy atom. The monoisotopic (exact) mass is 310 g/mol. The highest BCUT2D eigenvalue weighted by atomic mass is 28.4. The minimum absolute atomic E-state index is 0.595. The molecule has 0 spiro atoms. The summed E-state index contributed by atoms with van der Waals surface area (Å²) in [4.78, 5) is 0. The highest BCUT2D eigenvalue weighted by Crippen LogP contribution is 2.10. The molecule has 18 heavy (non-hydrogen) atoms. The summed E-state index contributed by atoms with van der Waals surface area (Å²) in [5.74, 6) is 0. The standard InChI is InChI=1S/C8H18O3Si.C3H12OSi2/c1-5-9-12(8-4,10-6-2)11-7-3;1-6(2,3)4-5/h8H,4-7H2,1-3H3;1-3,5H3. The smallest absolute Gasteiger partial charge is 0.464 e. The van der Waals surface area contributed by atoms with Gasteiger partial charge in [0.25, 0.3) is 0 Å². The van der Waals surface area contributed by atoms with Gasteiger partial charge in [0.2, 0.25) is 0 Å². The molecule has 7 heteroatoms. The first kappa shape index (κ1) is 20.5. The molecule has 4 nitrogen and oxygen atoms in total. The zero-order valence-electron chi connectivity index (χ0n) is 13.0. The molecular weight excluding hydrogens is 280 g/mol. The molecule has 0 N–H and O–H groups in total. The third-order valence-electron chi connectivity index (χ3n) is 1.90. The van der Waals surface area contributed by atoms with Crippen LogP contribution in [0, 0.1) is 0 Å². The van der Waals surface area contributed by atoms with E-state index in [9.17, 15) is 0 Å². The molecule has 0 aromatic carbocycles. The van der Waals surface area contributed by atoms with Crippen LogP contribution in [0.5, 0.6) is 0 Å². The van der Waals surface area contributed by atoms with Crippen LogP contribution in [0.15, 0.2) is 12.3 Å². The van der Waals surface area contributed by atoms with Gasteiger partial charge >= 0.3 is 8.80 Å². The Hall–Kier alpha value is 0.231. The fraction of sp³-hybridized carbons (Fsp3) is 0.818. The van der Waals surface area contributed by atoms with E-state index in [1.807, 2.05) is 20.8 Å². The van der Waals surface area contributed by atoms with E-state index in [-0.39, 0.29) is 0 Å². The second kappa shape index (κ2) is 11.1. The molecule has 0 atom stereocenters. The van der Waals surface area contributed by atoms with Crippen LogP contribution < -0.4 is 0 Å². The van der Waals surface area contributed by atoms with Gasteiger partial charge in [0.1, 0.15) is 10.5 Å². The molecule has 0 aliphatic heterocycles. The Balaban J connectivity index is 0. The van der Waals surface area contributed by atoms with Gasteiger partial charge in [-0.05, 0) is 46.1 Å². The molecule has 0 aliphatic carbocycles. The summed E-state index contributed by atoms with van der Waals surface area (Å²) in [5, 5.41) is 0. The first-order chi connectivity index (χ1) is 8.30. The van der Waals surface area contributed by atoms with Crippen LogP contribution in [0.2, 0.25) is 19.6 Å². The maximum absolute atomic E-state index is 5.44. The summed E-state index contributed by atoms with van der Waals surface area (Å²) in [7, 11) is -2.67. The minimum atomic E-state index is -2.51. The van der Waals surface area contributed by atoms with E-state index in [1.165, 1.54) is 0 Å². The highest BCUT2D eigenvalue weighted by molar-refractivity contribution is 6.72. The van der Waals surface area contributed by atoms with Crippen molar-refractivity contribution in [2.24, 2.45) is 0 Å². The molecule has 0 amide bonds. The number of rotatable bonds is 8. The highest BCUT2D eigenvalue weighted by Gasteiger charge is 2.36. The lowest BCUT2D eigenvalue weighted by molar-refractivity contribution is 0.0844. The lowest BCUT2D eigenvalue weighted by atomic mass is 10.9. The van der Waals surface area contributed by atoms with Crippen molar-refractivity contribution in [2.45, 2.75) is 40.4 Å². The predicted molar refractivity (Wildman–Crippen MR) is 85.2 cm³/mol. The van der Waals surface area contributed by atoms with Crippen molar-refractivity contribution in [3.05, 3.63) is 12.3 Å². The number of hydrogen-bond donors (Lipinski definition) is 0. The zero-order valence-corrected chi connectivity index (χ0v) is 17.0. The normalized spacial score (nSPS) is 11.9. The van der Waals surface area contributed by atoms with Crippen molar-refractivity contribution >= 4 is 27.6 Å². The Kier molecular flexibility index (Phi) is 12.7. The van der Waals surface area contributed by atoms with Gasteiger partial charge in [0.05, 0.1) is 0 Å². The molecule has 0 heterocycles. The van der Waals surface area contributed by atoms with Gasteiger partial charge in [0, 0.05) is 19.8 Å². The van der Waals surface area contributed by atoms with Crippen LogP contribution in [0.1, 0.15) is 20.8 Å². The average Bonchev–Trinajstić information content (AvgIpc) is 2.30. The third-order valence-corrected chi connectivity index (χ3v) is 9.37.